The van der Waals surface area contributed by atoms with Crippen molar-refractivity contribution in [2.75, 3.05) is 13.2 Å². The van der Waals surface area contributed by atoms with Crippen LogP contribution < -0.4 is 5.73 Å². The van der Waals surface area contributed by atoms with Crippen molar-refractivity contribution in [1.29, 1.82) is 0 Å². The average Bonchev–Trinajstić information content (AvgIpc) is 2.15. The third-order valence-electron chi connectivity index (χ3n) is 3.71. The molecule has 0 radical (unpaired) electrons. The van der Waals surface area contributed by atoms with Crippen LogP contribution in [0.25, 0.3) is 0 Å². The van der Waals surface area contributed by atoms with Crippen molar-refractivity contribution in [2.24, 2.45) is 5.73 Å². The van der Waals surface area contributed by atoms with Gasteiger partial charge in [-0.3, -0.25) is 4.90 Å². The third-order valence-corrected chi connectivity index (χ3v) is 3.71. The fourth-order valence-corrected chi connectivity index (χ4v) is 2.92. The van der Waals surface area contributed by atoms with E-state index in [1.165, 1.54) is 6.42 Å². The van der Waals surface area contributed by atoms with E-state index in [9.17, 15) is 0 Å². The summed E-state index contributed by atoms with van der Waals surface area (Å²) in [5.74, 6) is 0. The van der Waals surface area contributed by atoms with Crippen LogP contribution in [0.2, 0.25) is 0 Å². The molecule has 0 saturated carbocycles. The number of morpholine rings is 1. The van der Waals surface area contributed by atoms with Crippen molar-refractivity contribution in [3.05, 3.63) is 0 Å². The highest BCUT2D eigenvalue weighted by Gasteiger charge is 2.39. The molecule has 2 bridgehead atoms. The quantitative estimate of drug-likeness (QED) is 0.718. The Bertz CT molecular complexity index is 184. The second kappa shape index (κ2) is 4.17. The van der Waals surface area contributed by atoms with Gasteiger partial charge in [-0.15, -0.1) is 0 Å². The summed E-state index contributed by atoms with van der Waals surface area (Å²) in [5, 5.41) is 0. The molecule has 2 saturated heterocycles. The van der Waals surface area contributed by atoms with Gasteiger partial charge >= 0.3 is 0 Å². The lowest BCUT2D eigenvalue weighted by atomic mass is 9.89. The van der Waals surface area contributed by atoms with E-state index in [0.717, 1.165) is 26.1 Å². The zero-order valence-electron chi connectivity index (χ0n) is 9.28. The zero-order chi connectivity index (χ0) is 10.1. The molecule has 2 aliphatic rings. The number of hydrogen-bond donors (Lipinski definition) is 1. The molecule has 3 heteroatoms. The number of piperidine rings is 1. The van der Waals surface area contributed by atoms with E-state index in [0.29, 0.717) is 24.2 Å². The van der Waals surface area contributed by atoms with Crippen molar-refractivity contribution in [3.8, 4) is 0 Å². The molecule has 0 aromatic carbocycles. The van der Waals surface area contributed by atoms with Gasteiger partial charge in [-0.2, -0.15) is 0 Å². The Hall–Kier alpha value is -0.120. The minimum absolute atomic E-state index is 0.397. The zero-order valence-corrected chi connectivity index (χ0v) is 9.28. The van der Waals surface area contributed by atoms with E-state index in [4.69, 9.17) is 10.5 Å². The molecule has 2 heterocycles. The minimum atomic E-state index is 0.397. The Labute approximate surface area is 86.6 Å². The average molecular weight is 198 g/mol. The Kier molecular flexibility index (Phi) is 3.10. The highest BCUT2D eigenvalue weighted by molar-refractivity contribution is 4.94. The number of nitrogens with two attached hydrogens (primary N) is 1. The first kappa shape index (κ1) is 10.4. The first-order chi connectivity index (χ1) is 6.72. The van der Waals surface area contributed by atoms with E-state index >= 15 is 0 Å². The summed E-state index contributed by atoms with van der Waals surface area (Å²) < 4.78 is 5.61. The molecule has 2 fully saturated rings. The standard InChI is InChI=1S/C11H22N2O/c1-3-8(2)13-10-4-9(12)5-11(13)7-14-6-10/h8-11H,3-7,12H2,1-2H3/t8?,9?,10-,11+. The molecule has 0 amide bonds. The Morgan fingerprint density at radius 2 is 1.93 bits per heavy atom. The largest absolute Gasteiger partial charge is 0.378 e. The lowest BCUT2D eigenvalue weighted by molar-refractivity contribution is -0.0949. The SMILES string of the molecule is CCC(C)N1[C@@H]2COC[C@H]1CC(N)C2. The highest BCUT2D eigenvalue weighted by Crippen LogP contribution is 2.29. The predicted octanol–water partition coefficient (Wildman–Crippen LogP) is 0.975. The third kappa shape index (κ3) is 1.81. The molecule has 0 aromatic heterocycles. The second-order valence-corrected chi connectivity index (χ2v) is 4.78. The fourth-order valence-electron chi connectivity index (χ4n) is 2.92. The van der Waals surface area contributed by atoms with Gasteiger partial charge in [0, 0.05) is 24.2 Å². The van der Waals surface area contributed by atoms with Gasteiger partial charge in [0.1, 0.15) is 0 Å². The van der Waals surface area contributed by atoms with E-state index in [1.54, 1.807) is 0 Å². The molecular weight excluding hydrogens is 176 g/mol. The van der Waals surface area contributed by atoms with Crippen LogP contribution in [0.5, 0.6) is 0 Å². The van der Waals surface area contributed by atoms with E-state index in [1.807, 2.05) is 0 Å². The van der Waals surface area contributed by atoms with Crippen molar-refractivity contribution in [3.63, 3.8) is 0 Å². The molecule has 0 aromatic rings. The van der Waals surface area contributed by atoms with Gasteiger partial charge in [0.2, 0.25) is 0 Å². The van der Waals surface area contributed by atoms with Gasteiger partial charge in [0.25, 0.3) is 0 Å². The maximum Gasteiger partial charge on any atom is 0.0623 e. The van der Waals surface area contributed by atoms with Gasteiger partial charge in [-0.25, -0.2) is 0 Å². The molecule has 14 heavy (non-hydrogen) atoms. The fraction of sp³-hybridized carbons (Fsp3) is 1.00. The van der Waals surface area contributed by atoms with Crippen molar-refractivity contribution in [2.45, 2.75) is 57.3 Å². The van der Waals surface area contributed by atoms with Crippen LogP contribution in [-0.2, 0) is 4.74 Å². The predicted molar refractivity (Wildman–Crippen MR) is 57.2 cm³/mol. The molecule has 82 valence electrons. The Morgan fingerprint density at radius 1 is 1.36 bits per heavy atom. The number of hydrogen-bond acceptors (Lipinski definition) is 3. The highest BCUT2D eigenvalue weighted by atomic mass is 16.5. The first-order valence-corrected chi connectivity index (χ1v) is 5.83. The van der Waals surface area contributed by atoms with Crippen LogP contribution in [-0.4, -0.2) is 42.3 Å². The Morgan fingerprint density at radius 3 is 2.43 bits per heavy atom. The van der Waals surface area contributed by atoms with Crippen molar-refractivity contribution >= 4 is 0 Å². The number of fused-ring (bicyclic) bond motifs is 2. The summed E-state index contributed by atoms with van der Waals surface area (Å²) in [5.41, 5.74) is 6.05. The molecule has 0 spiro atoms. The molecule has 0 aliphatic carbocycles. The first-order valence-electron chi connectivity index (χ1n) is 5.83. The Balaban J connectivity index is 2.08. The van der Waals surface area contributed by atoms with Crippen LogP contribution >= 0.6 is 0 Å². The van der Waals surface area contributed by atoms with Crippen molar-refractivity contribution in [1.82, 2.24) is 4.90 Å². The molecule has 2 N–H and O–H groups in total. The molecule has 3 nitrogen and oxygen atoms in total. The van der Waals surface area contributed by atoms with E-state index < -0.39 is 0 Å². The summed E-state index contributed by atoms with van der Waals surface area (Å²) in [6, 6.07) is 2.23. The van der Waals surface area contributed by atoms with Gasteiger partial charge < -0.3 is 10.5 Å². The lowest BCUT2D eigenvalue weighted by Crippen LogP contribution is -2.61. The summed E-state index contributed by atoms with van der Waals surface area (Å²) in [7, 11) is 0. The summed E-state index contributed by atoms with van der Waals surface area (Å²) in [6.45, 7) is 6.35. The summed E-state index contributed by atoms with van der Waals surface area (Å²) in [6.07, 6.45) is 3.45. The number of ether oxygens (including phenoxy) is 1. The van der Waals surface area contributed by atoms with Crippen LogP contribution in [0, 0.1) is 0 Å². The second-order valence-electron chi connectivity index (χ2n) is 4.78. The van der Waals surface area contributed by atoms with Gasteiger partial charge in [0.05, 0.1) is 13.2 Å². The summed E-state index contributed by atoms with van der Waals surface area (Å²) in [4.78, 5) is 2.65. The van der Waals surface area contributed by atoms with Gasteiger partial charge in [0.15, 0.2) is 0 Å². The number of nitrogens with zero attached hydrogens (tertiary/aromatic N) is 1. The van der Waals surface area contributed by atoms with Crippen molar-refractivity contribution < 1.29 is 4.74 Å². The van der Waals surface area contributed by atoms with Crippen LogP contribution in [0.4, 0.5) is 0 Å². The number of rotatable bonds is 2. The van der Waals surface area contributed by atoms with Crippen LogP contribution in [0.1, 0.15) is 33.1 Å². The molecule has 4 atom stereocenters. The van der Waals surface area contributed by atoms with E-state index in [2.05, 4.69) is 18.7 Å². The topological polar surface area (TPSA) is 38.5 Å². The lowest BCUT2D eigenvalue weighted by Gasteiger charge is -2.50. The smallest absolute Gasteiger partial charge is 0.0623 e. The normalized spacial score (nSPS) is 40.9. The molecular formula is C11H22N2O. The summed E-state index contributed by atoms with van der Waals surface area (Å²) >= 11 is 0. The van der Waals surface area contributed by atoms with Gasteiger partial charge in [-0.1, -0.05) is 6.92 Å². The monoisotopic (exact) mass is 198 g/mol. The maximum atomic E-state index is 6.05. The van der Waals surface area contributed by atoms with Crippen LogP contribution in [0.3, 0.4) is 0 Å². The molecule has 2 aliphatic heterocycles. The van der Waals surface area contributed by atoms with Gasteiger partial charge in [-0.05, 0) is 26.2 Å². The van der Waals surface area contributed by atoms with Crippen LogP contribution in [0.15, 0.2) is 0 Å². The molecule has 2 unspecified atom stereocenters. The maximum absolute atomic E-state index is 6.05. The van der Waals surface area contributed by atoms with E-state index in [-0.39, 0.29) is 0 Å². The minimum Gasteiger partial charge on any atom is -0.378 e. The molecule has 2 rings (SSSR count).